The van der Waals surface area contributed by atoms with Gasteiger partial charge in [-0.3, -0.25) is 0 Å². The summed E-state index contributed by atoms with van der Waals surface area (Å²) in [6.07, 6.45) is 7.55. The Labute approximate surface area is 196 Å². The Kier molecular flexibility index (Phi) is 5.84. The average Bonchev–Trinajstić information content (AvgIpc) is 3.50. The molecule has 1 aliphatic rings. The fraction of sp³-hybridized carbons (Fsp3) is 0.267. The van der Waals surface area contributed by atoms with E-state index in [4.69, 9.17) is 0 Å². The highest BCUT2D eigenvalue weighted by atomic mass is 15.2. The number of hydrogen-bond donors (Lipinski definition) is 0. The Balaban J connectivity index is 1.45. The van der Waals surface area contributed by atoms with Gasteiger partial charge in [-0.25, -0.2) is 9.13 Å². The molecule has 164 valence electrons. The Morgan fingerprint density at radius 2 is 1.45 bits per heavy atom. The van der Waals surface area contributed by atoms with Crippen molar-refractivity contribution in [3.63, 3.8) is 0 Å². The first-order valence-corrected chi connectivity index (χ1v) is 11.9. The summed E-state index contributed by atoms with van der Waals surface area (Å²) in [5.41, 5.74) is 2.89. The minimum absolute atomic E-state index is 0.265. The standard InChI is InChI=1S/C30H30N3/c1-24-32(22-25-11-5-2-6-12-25)19-20-33(24)29-18-17-28(21-29)30(23-31,26-13-7-3-8-14-26)27-15-9-4-10-16-27/h2-16,19-20,28-29H,17-18,21-22H2,1H3/q+1/t28-,29-/m1/s1. The first kappa shape index (κ1) is 21.2. The van der Waals surface area contributed by atoms with E-state index in [2.05, 4.69) is 113 Å². The molecule has 0 saturated heterocycles. The van der Waals surface area contributed by atoms with Crippen molar-refractivity contribution < 1.29 is 4.57 Å². The summed E-state index contributed by atoms with van der Waals surface area (Å²) >= 11 is 0. The molecule has 0 aliphatic heterocycles. The molecule has 0 unspecified atom stereocenters. The lowest BCUT2D eigenvalue weighted by atomic mass is 9.66. The van der Waals surface area contributed by atoms with Crippen molar-refractivity contribution in [1.82, 2.24) is 4.57 Å². The van der Waals surface area contributed by atoms with Crippen molar-refractivity contribution in [3.05, 3.63) is 126 Å². The number of imidazole rings is 1. The topological polar surface area (TPSA) is 32.6 Å². The van der Waals surface area contributed by atoms with E-state index in [1.54, 1.807) is 0 Å². The zero-order valence-electron chi connectivity index (χ0n) is 19.1. The van der Waals surface area contributed by atoms with Gasteiger partial charge in [0.2, 0.25) is 0 Å². The molecular formula is C30H30N3+. The summed E-state index contributed by atoms with van der Waals surface area (Å²) in [6, 6.07) is 34.6. The van der Waals surface area contributed by atoms with Crippen LogP contribution < -0.4 is 4.57 Å². The van der Waals surface area contributed by atoms with Gasteiger partial charge in [0.05, 0.1) is 6.07 Å². The van der Waals surface area contributed by atoms with Crippen molar-refractivity contribution in [1.29, 1.82) is 5.26 Å². The van der Waals surface area contributed by atoms with E-state index in [1.807, 2.05) is 12.1 Å². The minimum atomic E-state index is -0.627. The molecule has 1 fully saturated rings. The van der Waals surface area contributed by atoms with Gasteiger partial charge in [-0.05, 0) is 41.9 Å². The predicted molar refractivity (Wildman–Crippen MR) is 131 cm³/mol. The molecule has 1 aromatic heterocycles. The Hall–Kier alpha value is -3.64. The Morgan fingerprint density at radius 1 is 0.879 bits per heavy atom. The van der Waals surface area contributed by atoms with Crippen LogP contribution in [-0.2, 0) is 12.0 Å². The number of nitrogens with zero attached hydrogens (tertiary/aromatic N) is 3. The molecule has 1 saturated carbocycles. The summed E-state index contributed by atoms with van der Waals surface area (Å²) in [4.78, 5) is 0. The molecule has 1 heterocycles. The van der Waals surface area contributed by atoms with Crippen LogP contribution in [0.25, 0.3) is 0 Å². The van der Waals surface area contributed by atoms with Gasteiger partial charge in [0.15, 0.2) is 0 Å². The summed E-state index contributed by atoms with van der Waals surface area (Å²) in [6.45, 7) is 3.09. The third kappa shape index (κ3) is 3.87. The highest BCUT2D eigenvalue weighted by Crippen LogP contribution is 2.49. The zero-order chi connectivity index (χ0) is 22.7. The van der Waals surface area contributed by atoms with E-state index in [9.17, 15) is 5.26 Å². The lowest BCUT2D eigenvalue weighted by Crippen LogP contribution is -2.36. The summed E-state index contributed by atoms with van der Waals surface area (Å²) in [5, 5.41) is 10.7. The molecule has 2 atom stereocenters. The quantitative estimate of drug-likeness (QED) is 0.345. The maximum absolute atomic E-state index is 10.7. The fourth-order valence-corrected chi connectivity index (χ4v) is 5.71. The number of hydrogen-bond acceptors (Lipinski definition) is 1. The number of benzene rings is 3. The van der Waals surface area contributed by atoms with E-state index < -0.39 is 5.41 Å². The third-order valence-electron chi connectivity index (χ3n) is 7.44. The molecule has 1 aliphatic carbocycles. The van der Waals surface area contributed by atoms with Crippen molar-refractivity contribution >= 4 is 0 Å². The first-order valence-electron chi connectivity index (χ1n) is 11.9. The van der Waals surface area contributed by atoms with E-state index in [0.29, 0.717) is 6.04 Å². The maximum atomic E-state index is 10.7. The van der Waals surface area contributed by atoms with Crippen molar-refractivity contribution in [2.24, 2.45) is 5.92 Å². The third-order valence-corrected chi connectivity index (χ3v) is 7.44. The number of rotatable bonds is 6. The molecular weight excluding hydrogens is 402 g/mol. The predicted octanol–water partition coefficient (Wildman–Crippen LogP) is 5.98. The van der Waals surface area contributed by atoms with Gasteiger partial charge in [-0.2, -0.15) is 5.26 Å². The van der Waals surface area contributed by atoms with E-state index in [-0.39, 0.29) is 5.92 Å². The molecule has 0 bridgehead atoms. The van der Waals surface area contributed by atoms with Gasteiger partial charge in [-0.1, -0.05) is 91.0 Å². The van der Waals surface area contributed by atoms with E-state index in [0.717, 1.165) is 36.9 Å². The molecule has 0 spiro atoms. The SMILES string of the molecule is Cc1n([C@@H]2CC[C@@H](C(C#N)(c3ccccc3)c3ccccc3)C2)cc[n+]1Cc1ccccc1. The smallest absolute Gasteiger partial charge is 0.232 e. The second kappa shape index (κ2) is 9.08. The Bertz CT molecular complexity index is 1200. The molecule has 33 heavy (non-hydrogen) atoms. The summed E-state index contributed by atoms with van der Waals surface area (Å²) in [7, 11) is 0. The lowest BCUT2D eigenvalue weighted by Gasteiger charge is -2.34. The van der Waals surface area contributed by atoms with Gasteiger partial charge >= 0.3 is 0 Å². The number of aromatic nitrogens is 2. The largest absolute Gasteiger partial charge is 0.253 e. The summed E-state index contributed by atoms with van der Waals surface area (Å²) in [5.74, 6) is 1.54. The Morgan fingerprint density at radius 3 is 2.03 bits per heavy atom. The van der Waals surface area contributed by atoms with Crippen LogP contribution in [0.2, 0.25) is 0 Å². The van der Waals surface area contributed by atoms with E-state index in [1.165, 1.54) is 11.4 Å². The zero-order valence-corrected chi connectivity index (χ0v) is 19.1. The highest BCUT2D eigenvalue weighted by Gasteiger charge is 2.47. The maximum Gasteiger partial charge on any atom is 0.253 e. The molecule has 0 radical (unpaired) electrons. The van der Waals surface area contributed by atoms with Crippen molar-refractivity contribution in [3.8, 4) is 6.07 Å². The van der Waals surface area contributed by atoms with Gasteiger partial charge in [0.1, 0.15) is 30.4 Å². The van der Waals surface area contributed by atoms with Gasteiger partial charge in [0, 0.05) is 6.92 Å². The number of nitriles is 1. The van der Waals surface area contributed by atoms with Gasteiger partial charge in [-0.15, -0.1) is 0 Å². The van der Waals surface area contributed by atoms with Crippen LogP contribution in [0.1, 0.15) is 47.8 Å². The van der Waals surface area contributed by atoms with Crippen LogP contribution in [-0.4, -0.2) is 4.57 Å². The van der Waals surface area contributed by atoms with Crippen LogP contribution in [0.4, 0.5) is 0 Å². The summed E-state index contributed by atoms with van der Waals surface area (Å²) < 4.78 is 4.76. The van der Waals surface area contributed by atoms with Gasteiger partial charge in [0.25, 0.3) is 5.82 Å². The second-order valence-corrected chi connectivity index (χ2v) is 9.18. The van der Waals surface area contributed by atoms with Crippen LogP contribution in [0, 0.1) is 24.2 Å². The normalized spacial score (nSPS) is 18.2. The van der Waals surface area contributed by atoms with Crippen LogP contribution >= 0.6 is 0 Å². The molecule has 3 aromatic carbocycles. The first-order chi connectivity index (χ1) is 16.2. The molecule has 0 amide bonds. The average molecular weight is 433 g/mol. The van der Waals surface area contributed by atoms with Crippen LogP contribution in [0.15, 0.2) is 103 Å². The highest BCUT2D eigenvalue weighted by molar-refractivity contribution is 5.47. The molecule has 5 rings (SSSR count). The van der Waals surface area contributed by atoms with E-state index >= 15 is 0 Å². The molecule has 4 aromatic rings. The minimum Gasteiger partial charge on any atom is -0.232 e. The van der Waals surface area contributed by atoms with Crippen molar-refractivity contribution in [2.75, 3.05) is 0 Å². The monoisotopic (exact) mass is 432 g/mol. The fourth-order valence-electron chi connectivity index (χ4n) is 5.71. The van der Waals surface area contributed by atoms with Crippen LogP contribution in [0.5, 0.6) is 0 Å². The molecule has 0 N–H and O–H groups in total. The second-order valence-electron chi connectivity index (χ2n) is 9.18. The van der Waals surface area contributed by atoms with Crippen molar-refractivity contribution in [2.45, 2.75) is 44.2 Å². The molecule has 3 heteroatoms. The van der Waals surface area contributed by atoms with Gasteiger partial charge < -0.3 is 0 Å². The van der Waals surface area contributed by atoms with Crippen LogP contribution in [0.3, 0.4) is 0 Å². The molecule has 3 nitrogen and oxygen atoms in total. The lowest BCUT2D eigenvalue weighted by molar-refractivity contribution is -0.694.